The van der Waals surface area contributed by atoms with Gasteiger partial charge in [0.25, 0.3) is 0 Å². The first-order chi connectivity index (χ1) is 6.64. The van der Waals surface area contributed by atoms with Gasteiger partial charge in [0.2, 0.25) is 0 Å². The summed E-state index contributed by atoms with van der Waals surface area (Å²) in [6, 6.07) is 1.27. The Morgan fingerprint density at radius 1 is 1.36 bits per heavy atom. The van der Waals surface area contributed by atoms with Crippen LogP contribution < -0.4 is 0 Å². The highest BCUT2D eigenvalue weighted by molar-refractivity contribution is 6.71. The van der Waals surface area contributed by atoms with E-state index < -0.39 is 8.32 Å². The first-order valence-electron chi connectivity index (χ1n) is 5.31. The van der Waals surface area contributed by atoms with E-state index in [4.69, 9.17) is 4.43 Å². The van der Waals surface area contributed by atoms with Gasteiger partial charge in [0.15, 0.2) is 8.32 Å². The van der Waals surface area contributed by atoms with Crippen LogP contribution in [0.2, 0.25) is 19.1 Å². The van der Waals surface area contributed by atoms with Crippen molar-refractivity contribution in [2.75, 3.05) is 7.11 Å². The maximum atomic E-state index is 5.51. The van der Waals surface area contributed by atoms with Gasteiger partial charge >= 0.3 is 0 Å². The highest BCUT2D eigenvalue weighted by Gasteiger charge is 2.19. The van der Waals surface area contributed by atoms with Gasteiger partial charge in [-0.15, -0.1) is 5.73 Å². The SMILES string of the molecule is CO[Si](C)(C)CCCCC1=C=CC=C1. The van der Waals surface area contributed by atoms with E-state index in [1.165, 1.54) is 30.9 Å². The maximum absolute atomic E-state index is 5.51. The van der Waals surface area contributed by atoms with Crippen LogP contribution in [-0.4, -0.2) is 15.4 Å². The molecular formula is C12H20OSi. The van der Waals surface area contributed by atoms with Gasteiger partial charge in [0.05, 0.1) is 0 Å². The predicted molar refractivity (Wildman–Crippen MR) is 63.9 cm³/mol. The smallest absolute Gasteiger partial charge is 0.186 e. The second kappa shape index (κ2) is 5.35. The van der Waals surface area contributed by atoms with Crippen LogP contribution in [0.1, 0.15) is 19.3 Å². The van der Waals surface area contributed by atoms with E-state index in [1.54, 1.807) is 0 Å². The van der Waals surface area contributed by atoms with Crippen LogP contribution in [0.4, 0.5) is 0 Å². The summed E-state index contributed by atoms with van der Waals surface area (Å²) in [6.45, 7) is 4.56. The fourth-order valence-electron chi connectivity index (χ4n) is 1.49. The first-order valence-corrected chi connectivity index (χ1v) is 8.43. The van der Waals surface area contributed by atoms with Crippen LogP contribution in [0.15, 0.2) is 29.5 Å². The predicted octanol–water partition coefficient (Wildman–Crippen LogP) is 3.66. The van der Waals surface area contributed by atoms with Crippen LogP contribution in [-0.2, 0) is 4.43 Å². The van der Waals surface area contributed by atoms with Gasteiger partial charge in [-0.3, -0.25) is 0 Å². The van der Waals surface area contributed by atoms with E-state index in [1.807, 2.05) is 13.2 Å². The van der Waals surface area contributed by atoms with Gasteiger partial charge in [0.1, 0.15) is 0 Å². The number of hydrogen-bond donors (Lipinski definition) is 0. The zero-order valence-electron chi connectivity index (χ0n) is 9.47. The number of allylic oxidation sites excluding steroid dienone is 3. The highest BCUT2D eigenvalue weighted by atomic mass is 28.4. The summed E-state index contributed by atoms with van der Waals surface area (Å²) in [4.78, 5) is 0. The van der Waals surface area contributed by atoms with Crippen LogP contribution in [0.5, 0.6) is 0 Å². The minimum atomic E-state index is -1.31. The van der Waals surface area contributed by atoms with Crippen molar-refractivity contribution in [1.29, 1.82) is 0 Å². The van der Waals surface area contributed by atoms with Crippen molar-refractivity contribution in [2.24, 2.45) is 0 Å². The molecule has 2 heteroatoms. The molecule has 0 amide bonds. The van der Waals surface area contributed by atoms with Gasteiger partial charge in [-0.2, -0.15) is 0 Å². The van der Waals surface area contributed by atoms with Crippen molar-refractivity contribution < 1.29 is 4.43 Å². The molecule has 0 saturated carbocycles. The van der Waals surface area contributed by atoms with Crippen molar-refractivity contribution in [3.8, 4) is 0 Å². The minimum Gasteiger partial charge on any atom is -0.420 e. The number of hydrogen-bond acceptors (Lipinski definition) is 1. The van der Waals surface area contributed by atoms with Gasteiger partial charge in [-0.25, -0.2) is 0 Å². The molecule has 0 fully saturated rings. The lowest BCUT2D eigenvalue weighted by Crippen LogP contribution is -2.27. The molecule has 0 N–H and O–H groups in total. The Morgan fingerprint density at radius 3 is 2.71 bits per heavy atom. The summed E-state index contributed by atoms with van der Waals surface area (Å²) < 4.78 is 5.51. The van der Waals surface area contributed by atoms with Gasteiger partial charge in [-0.05, 0) is 43.6 Å². The molecule has 14 heavy (non-hydrogen) atoms. The molecule has 0 saturated heterocycles. The maximum Gasteiger partial charge on any atom is 0.186 e. The number of rotatable bonds is 6. The van der Waals surface area contributed by atoms with Crippen LogP contribution in [0.3, 0.4) is 0 Å². The van der Waals surface area contributed by atoms with Crippen molar-refractivity contribution >= 4 is 8.32 Å². The van der Waals surface area contributed by atoms with Crippen LogP contribution in [0, 0.1) is 0 Å². The third kappa shape index (κ3) is 4.10. The molecule has 0 radical (unpaired) electrons. The van der Waals surface area contributed by atoms with Crippen molar-refractivity contribution in [3.63, 3.8) is 0 Å². The Morgan fingerprint density at radius 2 is 2.14 bits per heavy atom. The lowest BCUT2D eigenvalue weighted by molar-refractivity contribution is 0.401. The fraction of sp³-hybridized carbons (Fsp3) is 0.583. The standard InChI is InChI=1S/C12H20OSi/c1-13-14(2,3)11-7-6-10-12-8-4-5-9-12/h4-5,8H,6-7,10-11H2,1-3H3. The zero-order chi connectivity index (χ0) is 10.4. The molecule has 78 valence electrons. The van der Waals surface area contributed by atoms with E-state index in [9.17, 15) is 0 Å². The molecule has 0 aliphatic heterocycles. The Hall–Kier alpha value is -0.563. The molecule has 0 aromatic carbocycles. The van der Waals surface area contributed by atoms with Gasteiger partial charge in [0, 0.05) is 7.11 Å². The van der Waals surface area contributed by atoms with Crippen molar-refractivity contribution in [1.82, 2.24) is 0 Å². The van der Waals surface area contributed by atoms with E-state index in [-0.39, 0.29) is 0 Å². The normalized spacial score (nSPS) is 14.9. The van der Waals surface area contributed by atoms with Gasteiger partial charge < -0.3 is 4.43 Å². The third-order valence-corrected chi connectivity index (χ3v) is 5.35. The lowest BCUT2D eigenvalue weighted by atomic mass is 10.1. The largest absolute Gasteiger partial charge is 0.420 e. The molecule has 0 aromatic rings. The fourth-order valence-corrected chi connectivity index (χ4v) is 2.80. The lowest BCUT2D eigenvalue weighted by Gasteiger charge is -2.19. The third-order valence-electron chi connectivity index (χ3n) is 2.69. The molecular weight excluding hydrogens is 188 g/mol. The van der Waals surface area contributed by atoms with E-state index in [2.05, 4.69) is 31.0 Å². The Labute approximate surface area is 88.3 Å². The van der Waals surface area contributed by atoms with Crippen LogP contribution in [0.25, 0.3) is 0 Å². The molecule has 1 aliphatic rings. The highest BCUT2D eigenvalue weighted by Crippen LogP contribution is 2.18. The Bertz CT molecular complexity index is 270. The molecule has 0 heterocycles. The van der Waals surface area contributed by atoms with E-state index in [0.717, 1.165) is 0 Å². The number of unbranched alkanes of at least 4 members (excludes halogenated alkanes) is 1. The summed E-state index contributed by atoms with van der Waals surface area (Å²) >= 11 is 0. The van der Waals surface area contributed by atoms with Crippen molar-refractivity contribution in [2.45, 2.75) is 38.4 Å². The topological polar surface area (TPSA) is 9.23 Å². The van der Waals surface area contributed by atoms with E-state index in [0.29, 0.717) is 0 Å². The second-order valence-corrected chi connectivity index (χ2v) is 8.79. The molecule has 1 nitrogen and oxygen atoms in total. The summed E-state index contributed by atoms with van der Waals surface area (Å²) in [7, 11) is 0.535. The molecule has 0 spiro atoms. The second-order valence-electron chi connectivity index (χ2n) is 4.37. The van der Waals surface area contributed by atoms with E-state index >= 15 is 0 Å². The zero-order valence-corrected chi connectivity index (χ0v) is 10.5. The van der Waals surface area contributed by atoms with Crippen LogP contribution >= 0.6 is 0 Å². The monoisotopic (exact) mass is 208 g/mol. The molecule has 1 rings (SSSR count). The molecule has 1 aliphatic carbocycles. The Kier molecular flexibility index (Phi) is 4.40. The molecule has 0 atom stereocenters. The van der Waals surface area contributed by atoms with Gasteiger partial charge in [-0.1, -0.05) is 18.6 Å². The first kappa shape index (κ1) is 11.5. The average molecular weight is 208 g/mol. The summed E-state index contributed by atoms with van der Waals surface area (Å²) in [5, 5.41) is 0. The van der Waals surface area contributed by atoms with Crippen molar-refractivity contribution in [3.05, 3.63) is 29.5 Å². The summed E-state index contributed by atoms with van der Waals surface area (Å²) in [5.74, 6) is 0. The molecule has 0 unspecified atom stereocenters. The molecule has 0 bridgehead atoms. The Balaban J connectivity index is 2.11. The average Bonchev–Trinajstić information content (AvgIpc) is 2.65. The minimum absolute atomic E-state index is 1.17. The summed E-state index contributed by atoms with van der Waals surface area (Å²) in [5.41, 5.74) is 4.58. The molecule has 0 aromatic heterocycles. The quantitative estimate of drug-likeness (QED) is 0.368. The summed E-state index contributed by atoms with van der Waals surface area (Å²) in [6.07, 6.45) is 9.92.